The topological polar surface area (TPSA) is 60.9 Å². The van der Waals surface area contributed by atoms with E-state index < -0.39 is 12.5 Å². The number of carbonyl (C=O) groups is 2. The molecule has 2 aliphatic rings. The number of aliphatic carboxylic acids is 1. The van der Waals surface area contributed by atoms with E-state index in [1.54, 1.807) is 6.08 Å². The number of anilines is 1. The van der Waals surface area contributed by atoms with E-state index in [1.807, 2.05) is 12.1 Å². The summed E-state index contributed by atoms with van der Waals surface area (Å²) in [6.07, 6.45) is 11.1. The van der Waals surface area contributed by atoms with Crippen molar-refractivity contribution in [3.8, 4) is 0 Å². The highest BCUT2D eigenvalue weighted by atomic mass is 32.2. The molecule has 162 valence electrons. The van der Waals surface area contributed by atoms with Crippen LogP contribution in [0.25, 0.3) is 6.08 Å². The summed E-state index contributed by atoms with van der Waals surface area (Å²) in [6, 6.07) is 8.22. The molecule has 0 aromatic heterocycles. The summed E-state index contributed by atoms with van der Waals surface area (Å²) in [4.78, 5) is 27.3. The van der Waals surface area contributed by atoms with Gasteiger partial charge in [0.15, 0.2) is 0 Å². The Morgan fingerprint density at radius 3 is 2.53 bits per heavy atom. The van der Waals surface area contributed by atoms with Crippen molar-refractivity contribution in [2.45, 2.75) is 51.9 Å². The molecule has 0 spiro atoms. The molecule has 0 atom stereocenters. The van der Waals surface area contributed by atoms with E-state index in [0.29, 0.717) is 9.23 Å². The van der Waals surface area contributed by atoms with Crippen molar-refractivity contribution in [2.24, 2.45) is 5.92 Å². The van der Waals surface area contributed by atoms with Crippen molar-refractivity contribution in [2.75, 3.05) is 24.5 Å². The van der Waals surface area contributed by atoms with Crippen molar-refractivity contribution in [1.29, 1.82) is 0 Å². The lowest BCUT2D eigenvalue weighted by Gasteiger charge is -2.33. The van der Waals surface area contributed by atoms with Gasteiger partial charge in [0, 0.05) is 18.8 Å². The first-order valence-corrected chi connectivity index (χ1v) is 12.0. The molecule has 2 fully saturated rings. The van der Waals surface area contributed by atoms with E-state index in [-0.39, 0.29) is 5.91 Å². The average Bonchev–Trinajstić information content (AvgIpc) is 2.99. The van der Waals surface area contributed by atoms with Gasteiger partial charge in [-0.25, -0.2) is 0 Å². The van der Waals surface area contributed by atoms with Gasteiger partial charge in [0.1, 0.15) is 10.9 Å². The second-order valence-corrected chi connectivity index (χ2v) is 9.71. The summed E-state index contributed by atoms with van der Waals surface area (Å²) in [5.41, 5.74) is 2.13. The molecule has 1 aromatic carbocycles. The molecule has 30 heavy (non-hydrogen) atoms. The molecule has 1 N–H and O–H groups in total. The third-order valence-electron chi connectivity index (χ3n) is 5.80. The van der Waals surface area contributed by atoms with Crippen LogP contribution in [0.15, 0.2) is 29.2 Å². The molecule has 5 nitrogen and oxygen atoms in total. The zero-order valence-electron chi connectivity index (χ0n) is 17.5. The molecule has 0 saturated carbocycles. The molecule has 3 rings (SSSR count). The number of rotatable bonds is 9. The van der Waals surface area contributed by atoms with Gasteiger partial charge in [-0.3, -0.25) is 14.5 Å². The number of hydrogen-bond donors (Lipinski definition) is 1. The molecule has 7 heteroatoms. The van der Waals surface area contributed by atoms with Gasteiger partial charge in [-0.15, -0.1) is 0 Å². The van der Waals surface area contributed by atoms with Gasteiger partial charge in [0.05, 0.1) is 4.91 Å². The normalized spacial score (nSPS) is 19.2. The summed E-state index contributed by atoms with van der Waals surface area (Å²) in [6.45, 7) is 4.07. The van der Waals surface area contributed by atoms with Crippen molar-refractivity contribution >= 4 is 51.9 Å². The molecule has 2 aliphatic heterocycles. The second-order valence-electron chi connectivity index (χ2n) is 8.03. The van der Waals surface area contributed by atoms with E-state index >= 15 is 0 Å². The van der Waals surface area contributed by atoms with Crippen LogP contribution in [-0.2, 0) is 9.59 Å². The Kier molecular flexibility index (Phi) is 8.33. The SMILES string of the molecule is CCCCCCC1CCN(c2ccc(C=C3SC(=S)N(CC(=O)O)C3=O)cc2)CC1. The number of unbranched alkanes of at least 4 members (excludes halogenated alkanes) is 3. The molecule has 1 aromatic rings. The number of thiocarbonyl (C=S) groups is 1. The van der Waals surface area contributed by atoms with Gasteiger partial charge < -0.3 is 10.0 Å². The molecule has 0 unspecified atom stereocenters. The number of carbonyl (C=O) groups excluding carboxylic acids is 1. The molecule has 1 amide bonds. The van der Waals surface area contributed by atoms with Crippen molar-refractivity contribution in [3.05, 3.63) is 34.7 Å². The van der Waals surface area contributed by atoms with E-state index in [9.17, 15) is 9.59 Å². The number of carboxylic acids is 1. The maximum atomic E-state index is 12.4. The highest BCUT2D eigenvalue weighted by Crippen LogP contribution is 2.33. The third-order valence-corrected chi connectivity index (χ3v) is 7.18. The van der Waals surface area contributed by atoms with Crippen molar-refractivity contribution in [1.82, 2.24) is 4.90 Å². The van der Waals surface area contributed by atoms with Crippen LogP contribution < -0.4 is 4.90 Å². The summed E-state index contributed by atoms with van der Waals surface area (Å²) >= 11 is 6.30. The minimum absolute atomic E-state index is 0.294. The number of amides is 1. The Morgan fingerprint density at radius 2 is 1.90 bits per heavy atom. The van der Waals surface area contributed by atoms with Crippen LogP contribution >= 0.6 is 24.0 Å². The first-order valence-electron chi connectivity index (χ1n) is 10.8. The Labute approximate surface area is 188 Å². The summed E-state index contributed by atoms with van der Waals surface area (Å²) in [5.74, 6) is -0.538. The molecule has 0 radical (unpaired) electrons. The standard InChI is InChI=1S/C23H30N2O3S2/c1-2-3-4-5-6-17-11-13-24(14-12-17)19-9-7-18(8-10-19)15-20-22(28)25(16-21(26)27)23(29)30-20/h7-10,15,17H,2-6,11-14,16H2,1H3,(H,26,27). The predicted molar refractivity (Wildman–Crippen MR) is 128 cm³/mol. The fourth-order valence-corrected chi connectivity index (χ4v) is 5.30. The second kappa shape index (κ2) is 11.0. The van der Waals surface area contributed by atoms with Crippen molar-refractivity contribution < 1.29 is 14.7 Å². The van der Waals surface area contributed by atoms with E-state index in [0.717, 1.165) is 41.2 Å². The monoisotopic (exact) mass is 446 g/mol. The fraction of sp³-hybridized carbons (Fsp3) is 0.522. The Morgan fingerprint density at radius 1 is 1.20 bits per heavy atom. The minimum atomic E-state index is -1.07. The number of carboxylic acid groups (broad SMARTS) is 1. The van der Waals surface area contributed by atoms with Crippen LogP contribution in [0.2, 0.25) is 0 Å². The number of nitrogens with zero attached hydrogens (tertiary/aromatic N) is 2. The molecular formula is C23H30N2O3S2. The Bertz CT molecular complexity index is 799. The van der Waals surface area contributed by atoms with E-state index in [2.05, 4.69) is 24.0 Å². The third kappa shape index (κ3) is 6.08. The molecule has 2 heterocycles. The lowest BCUT2D eigenvalue weighted by molar-refractivity contribution is -0.140. The predicted octanol–water partition coefficient (Wildman–Crippen LogP) is 5.16. The number of thioether (sulfide) groups is 1. The number of hydrogen-bond acceptors (Lipinski definition) is 5. The van der Waals surface area contributed by atoms with Crippen LogP contribution in [-0.4, -0.2) is 45.8 Å². The average molecular weight is 447 g/mol. The number of piperidine rings is 1. The molecule has 2 saturated heterocycles. The first-order chi connectivity index (χ1) is 14.5. The Balaban J connectivity index is 1.53. The quantitative estimate of drug-likeness (QED) is 0.321. The molecular weight excluding hydrogens is 416 g/mol. The molecule has 0 aliphatic carbocycles. The minimum Gasteiger partial charge on any atom is -0.480 e. The largest absolute Gasteiger partial charge is 0.480 e. The maximum absolute atomic E-state index is 12.4. The van der Waals surface area contributed by atoms with Crippen LogP contribution in [0.1, 0.15) is 57.4 Å². The van der Waals surface area contributed by atoms with Crippen LogP contribution in [0.3, 0.4) is 0 Å². The highest BCUT2D eigenvalue weighted by molar-refractivity contribution is 8.26. The van der Waals surface area contributed by atoms with Gasteiger partial charge in [-0.05, 0) is 42.5 Å². The van der Waals surface area contributed by atoms with Crippen LogP contribution in [0, 0.1) is 5.92 Å². The Hall–Kier alpha value is -1.86. The van der Waals surface area contributed by atoms with Gasteiger partial charge in [0.2, 0.25) is 0 Å². The van der Waals surface area contributed by atoms with Crippen LogP contribution in [0.4, 0.5) is 5.69 Å². The zero-order valence-corrected chi connectivity index (χ0v) is 19.1. The zero-order chi connectivity index (χ0) is 21.5. The van der Waals surface area contributed by atoms with Gasteiger partial charge in [0.25, 0.3) is 5.91 Å². The smallest absolute Gasteiger partial charge is 0.323 e. The summed E-state index contributed by atoms with van der Waals surface area (Å²) in [5, 5.41) is 8.93. The molecule has 0 bridgehead atoms. The van der Waals surface area contributed by atoms with Gasteiger partial charge in [-0.2, -0.15) is 0 Å². The maximum Gasteiger partial charge on any atom is 0.323 e. The van der Waals surface area contributed by atoms with Gasteiger partial charge >= 0.3 is 5.97 Å². The van der Waals surface area contributed by atoms with E-state index in [4.69, 9.17) is 17.3 Å². The van der Waals surface area contributed by atoms with Crippen molar-refractivity contribution in [3.63, 3.8) is 0 Å². The number of benzene rings is 1. The fourth-order valence-electron chi connectivity index (χ4n) is 4.04. The summed E-state index contributed by atoms with van der Waals surface area (Å²) < 4.78 is 0.294. The summed E-state index contributed by atoms with van der Waals surface area (Å²) in [7, 11) is 0. The van der Waals surface area contributed by atoms with E-state index in [1.165, 1.54) is 50.6 Å². The highest BCUT2D eigenvalue weighted by Gasteiger charge is 2.33. The first kappa shape index (κ1) is 22.8. The lowest BCUT2D eigenvalue weighted by atomic mass is 9.91. The lowest BCUT2D eigenvalue weighted by Crippen LogP contribution is -2.33. The van der Waals surface area contributed by atoms with Crippen LogP contribution in [0.5, 0.6) is 0 Å². The van der Waals surface area contributed by atoms with Gasteiger partial charge in [-0.1, -0.05) is 75.1 Å².